The number of esters is 3. The Balaban J connectivity index is 1.58. The van der Waals surface area contributed by atoms with E-state index < -0.39 is 41.0 Å². The first kappa shape index (κ1) is 31.3. The van der Waals surface area contributed by atoms with E-state index in [0.717, 1.165) is 22.0 Å². The molecule has 2 aromatic rings. The lowest BCUT2D eigenvalue weighted by molar-refractivity contribution is -0.197. The molecule has 2 aromatic carbocycles. The molecular formula is C35H41NO8. The molecular weight excluding hydrogens is 562 g/mol. The van der Waals surface area contributed by atoms with Gasteiger partial charge in [0.1, 0.15) is 25.4 Å². The molecule has 0 spiro atoms. The molecule has 2 saturated carbocycles. The maximum atomic E-state index is 13.0. The van der Waals surface area contributed by atoms with Gasteiger partial charge in [-0.25, -0.2) is 4.79 Å². The Morgan fingerprint density at radius 1 is 1.11 bits per heavy atom. The second-order valence-corrected chi connectivity index (χ2v) is 12.8. The fraction of sp³-hybridized carbons (Fsp3) is 0.486. The van der Waals surface area contributed by atoms with E-state index in [4.69, 9.17) is 18.9 Å². The highest BCUT2D eigenvalue weighted by molar-refractivity contribution is 5.96. The normalized spacial score (nSPS) is 30.4. The molecule has 9 nitrogen and oxygen atoms in total. The number of carbonyl (C=O) groups excluding carboxylic acids is 4. The molecule has 44 heavy (non-hydrogen) atoms. The van der Waals surface area contributed by atoms with Crippen LogP contribution >= 0.6 is 0 Å². The monoisotopic (exact) mass is 603 g/mol. The number of hydrogen-bond donors (Lipinski definition) is 1. The van der Waals surface area contributed by atoms with E-state index in [9.17, 15) is 19.2 Å². The van der Waals surface area contributed by atoms with Crippen molar-refractivity contribution in [1.29, 1.82) is 0 Å². The average molecular weight is 604 g/mol. The molecule has 1 heterocycles. The maximum Gasteiger partial charge on any atom is 0.336 e. The molecule has 1 aliphatic heterocycles. The van der Waals surface area contributed by atoms with Crippen LogP contribution in [0.4, 0.5) is 5.69 Å². The molecule has 0 saturated heterocycles. The zero-order valence-electron chi connectivity index (χ0n) is 25.8. The Morgan fingerprint density at radius 2 is 1.84 bits per heavy atom. The van der Waals surface area contributed by atoms with E-state index >= 15 is 0 Å². The summed E-state index contributed by atoms with van der Waals surface area (Å²) in [5.41, 5.74) is 1.02. The van der Waals surface area contributed by atoms with Crippen molar-refractivity contribution < 1.29 is 38.1 Å². The van der Waals surface area contributed by atoms with Crippen LogP contribution in [0, 0.1) is 22.7 Å². The van der Waals surface area contributed by atoms with Crippen LogP contribution in [0.2, 0.25) is 0 Å². The average Bonchev–Trinajstić information content (AvgIpc) is 3.41. The lowest BCUT2D eigenvalue weighted by Gasteiger charge is -2.61. The van der Waals surface area contributed by atoms with Gasteiger partial charge in [0.15, 0.2) is 0 Å². The van der Waals surface area contributed by atoms with Gasteiger partial charge < -0.3 is 24.3 Å². The number of anilines is 1. The van der Waals surface area contributed by atoms with Gasteiger partial charge in [-0.05, 0) is 66.0 Å². The molecule has 2 aliphatic carbocycles. The van der Waals surface area contributed by atoms with Gasteiger partial charge >= 0.3 is 17.9 Å². The van der Waals surface area contributed by atoms with Gasteiger partial charge in [0.2, 0.25) is 0 Å². The number of carbonyl (C=O) groups is 4. The minimum absolute atomic E-state index is 0.0376. The van der Waals surface area contributed by atoms with Crippen molar-refractivity contribution in [2.24, 2.45) is 22.7 Å². The summed E-state index contributed by atoms with van der Waals surface area (Å²) in [5, 5.41) is 5.75. The van der Waals surface area contributed by atoms with Crippen molar-refractivity contribution in [3.8, 4) is 0 Å². The van der Waals surface area contributed by atoms with Crippen LogP contribution in [-0.2, 0) is 38.1 Å². The highest BCUT2D eigenvalue weighted by Crippen LogP contribution is 2.63. The number of rotatable bonds is 10. The largest absolute Gasteiger partial charge is 0.467 e. The first-order valence-corrected chi connectivity index (χ1v) is 15.2. The first-order valence-electron chi connectivity index (χ1n) is 15.2. The van der Waals surface area contributed by atoms with E-state index in [2.05, 4.69) is 18.8 Å². The van der Waals surface area contributed by atoms with Gasteiger partial charge in [-0.3, -0.25) is 14.4 Å². The summed E-state index contributed by atoms with van der Waals surface area (Å²) >= 11 is 0. The third-order valence-corrected chi connectivity index (χ3v) is 10.2. The third kappa shape index (κ3) is 5.84. The number of hydrogen-bond acceptors (Lipinski definition) is 9. The van der Waals surface area contributed by atoms with Gasteiger partial charge in [-0.15, -0.1) is 0 Å². The summed E-state index contributed by atoms with van der Waals surface area (Å²) in [6.45, 7) is 12.1. The van der Waals surface area contributed by atoms with Gasteiger partial charge in [-0.2, -0.15) is 0 Å². The van der Waals surface area contributed by atoms with Crippen LogP contribution < -0.4 is 5.32 Å². The van der Waals surface area contributed by atoms with Crippen molar-refractivity contribution in [3.05, 3.63) is 66.3 Å². The molecule has 0 amide bonds. The van der Waals surface area contributed by atoms with Crippen LogP contribution in [0.1, 0.15) is 53.4 Å². The molecule has 0 bridgehead atoms. The van der Waals surface area contributed by atoms with E-state index in [1.165, 1.54) is 13.8 Å². The van der Waals surface area contributed by atoms with E-state index in [-0.39, 0.29) is 31.0 Å². The van der Waals surface area contributed by atoms with E-state index in [1.54, 1.807) is 0 Å². The topological polar surface area (TPSA) is 117 Å². The maximum absolute atomic E-state index is 13.0. The standard InChI is InChI=1S/C35H41NO8/c1-21-27(17-29(26-14-16-42-33(26)40)36-28-12-8-10-24-9-6-7-11-25(24)28)34(4)15-13-32(44-23(3)39)35(5,19-41-20-37)31(34)18-30(21)43-22(2)38/h6-12,14,20,27,29-32,36H,1,13,15-19H2,2-5H3/t27-,29-,30+,31+,32-,34+,35+/m1/s1. The molecule has 3 aliphatic rings. The van der Waals surface area contributed by atoms with Crippen LogP contribution in [-0.4, -0.2) is 55.8 Å². The third-order valence-electron chi connectivity index (χ3n) is 10.2. The zero-order chi connectivity index (χ0) is 31.6. The fourth-order valence-corrected chi connectivity index (χ4v) is 8.13. The number of ether oxygens (including phenoxy) is 4. The molecule has 0 unspecified atom stereocenters. The number of cyclic esters (lactones) is 1. The summed E-state index contributed by atoms with van der Waals surface area (Å²) in [6, 6.07) is 13.6. The lowest BCUT2D eigenvalue weighted by atomic mass is 9.45. The summed E-state index contributed by atoms with van der Waals surface area (Å²) in [6.07, 6.45) is 2.86. The fourth-order valence-electron chi connectivity index (χ4n) is 8.13. The first-order chi connectivity index (χ1) is 21.0. The van der Waals surface area contributed by atoms with E-state index in [0.29, 0.717) is 37.7 Å². The Morgan fingerprint density at radius 3 is 2.52 bits per heavy atom. The number of benzene rings is 2. The Kier molecular flexibility index (Phi) is 8.86. The van der Waals surface area contributed by atoms with Crippen molar-refractivity contribution in [1.82, 2.24) is 0 Å². The van der Waals surface area contributed by atoms with E-state index in [1.807, 2.05) is 55.5 Å². The number of fused-ring (bicyclic) bond motifs is 2. The summed E-state index contributed by atoms with van der Waals surface area (Å²) in [7, 11) is 0. The molecule has 1 N–H and O–H groups in total. The molecule has 7 atom stereocenters. The quantitative estimate of drug-likeness (QED) is 0.162. The van der Waals surface area contributed by atoms with Crippen molar-refractivity contribution in [3.63, 3.8) is 0 Å². The van der Waals surface area contributed by atoms with Crippen LogP contribution in [0.25, 0.3) is 10.8 Å². The minimum Gasteiger partial charge on any atom is -0.467 e. The molecule has 234 valence electrons. The van der Waals surface area contributed by atoms with Crippen LogP contribution in [0.5, 0.6) is 0 Å². The van der Waals surface area contributed by atoms with Gasteiger partial charge in [0.25, 0.3) is 6.47 Å². The predicted octanol–water partition coefficient (Wildman–Crippen LogP) is 5.53. The predicted molar refractivity (Wildman–Crippen MR) is 164 cm³/mol. The summed E-state index contributed by atoms with van der Waals surface area (Å²) < 4.78 is 22.4. The Hall–Kier alpha value is -4.14. The second-order valence-electron chi connectivity index (χ2n) is 12.8. The minimum atomic E-state index is -0.763. The lowest BCUT2D eigenvalue weighted by Crippen LogP contribution is -2.61. The summed E-state index contributed by atoms with van der Waals surface area (Å²) in [5.74, 6) is -1.61. The van der Waals surface area contributed by atoms with Gasteiger partial charge in [-0.1, -0.05) is 56.8 Å². The highest BCUT2D eigenvalue weighted by atomic mass is 16.6. The molecule has 2 fully saturated rings. The SMILES string of the molecule is C=C1[C@@H](OC(C)=O)C[C@@H]2[C@](C)(COC=O)[C@H](OC(C)=O)CC[C@@]2(C)[C@@H]1C[C@@H](Nc1cccc2ccccc12)C1=CCOC1=O. The van der Waals surface area contributed by atoms with Crippen LogP contribution in [0.15, 0.2) is 66.3 Å². The van der Waals surface area contributed by atoms with Gasteiger partial charge in [0.05, 0.1) is 11.6 Å². The van der Waals surface area contributed by atoms with Crippen molar-refractivity contribution in [2.75, 3.05) is 18.5 Å². The highest BCUT2D eigenvalue weighted by Gasteiger charge is 2.62. The molecule has 5 rings (SSSR count). The molecule has 0 radical (unpaired) electrons. The Labute approximate surface area is 257 Å². The van der Waals surface area contributed by atoms with Crippen molar-refractivity contribution in [2.45, 2.75) is 71.6 Å². The number of nitrogens with one attached hydrogen (secondary N) is 1. The van der Waals surface area contributed by atoms with Crippen molar-refractivity contribution >= 4 is 40.8 Å². The molecule has 0 aromatic heterocycles. The Bertz CT molecular complexity index is 1490. The molecule has 9 heteroatoms. The van der Waals surface area contributed by atoms with Crippen LogP contribution in [0.3, 0.4) is 0 Å². The van der Waals surface area contributed by atoms with Gasteiger partial charge in [0, 0.05) is 30.3 Å². The second kappa shape index (κ2) is 12.5. The smallest absolute Gasteiger partial charge is 0.336 e. The zero-order valence-corrected chi connectivity index (χ0v) is 25.8. The summed E-state index contributed by atoms with van der Waals surface area (Å²) in [4.78, 5) is 48.9.